The number of morpholine rings is 1. The molecule has 2 aromatic rings. The van der Waals surface area contributed by atoms with E-state index < -0.39 is 6.09 Å². The van der Waals surface area contributed by atoms with E-state index in [4.69, 9.17) is 21.4 Å². The summed E-state index contributed by atoms with van der Waals surface area (Å²) in [6, 6.07) is 11.0. The summed E-state index contributed by atoms with van der Waals surface area (Å²) < 4.78 is 18.9. The first-order chi connectivity index (χ1) is 15.4. The van der Waals surface area contributed by atoms with Crippen molar-refractivity contribution in [3.63, 3.8) is 0 Å². The molecule has 2 aromatic carbocycles. The summed E-state index contributed by atoms with van der Waals surface area (Å²) in [5.41, 5.74) is 1.87. The van der Waals surface area contributed by atoms with Crippen LogP contribution in [0.5, 0.6) is 0 Å². The average molecular weight is 460 g/mol. The normalized spacial score (nSPS) is 21.0. The van der Waals surface area contributed by atoms with E-state index in [1.165, 1.54) is 24.3 Å². The molecule has 0 saturated carbocycles. The largest absolute Gasteiger partial charge is 0.465 e. The fourth-order valence-electron chi connectivity index (χ4n) is 4.23. The lowest BCUT2D eigenvalue weighted by Crippen LogP contribution is -2.65. The van der Waals surface area contributed by atoms with Crippen LogP contribution in [0.1, 0.15) is 11.1 Å². The Labute approximate surface area is 190 Å². The van der Waals surface area contributed by atoms with Gasteiger partial charge in [0, 0.05) is 30.7 Å². The molecule has 2 N–H and O–H groups in total. The summed E-state index contributed by atoms with van der Waals surface area (Å²) in [5.74, 6) is -0.412. The number of hydrogen-bond acceptors (Lipinski definition) is 4. The molecule has 4 rings (SSSR count). The van der Waals surface area contributed by atoms with Gasteiger partial charge >= 0.3 is 6.09 Å². The molecular formula is C23H23ClFN3O4. The Kier molecular flexibility index (Phi) is 6.74. The third-order valence-electron chi connectivity index (χ3n) is 5.58. The van der Waals surface area contributed by atoms with Crippen molar-refractivity contribution < 1.29 is 23.8 Å². The fraction of sp³-hybridized carbons (Fsp3) is 0.304. The topological polar surface area (TPSA) is 82.1 Å². The summed E-state index contributed by atoms with van der Waals surface area (Å²) in [6.45, 7) is 2.88. The van der Waals surface area contributed by atoms with Crippen molar-refractivity contribution >= 4 is 35.4 Å². The fourth-order valence-corrected chi connectivity index (χ4v) is 4.40. The van der Waals surface area contributed by atoms with Crippen molar-refractivity contribution in [2.75, 3.05) is 31.6 Å². The third kappa shape index (κ3) is 5.27. The van der Waals surface area contributed by atoms with Crippen LogP contribution in [0.15, 0.2) is 48.5 Å². The number of anilines is 1. The smallest absolute Gasteiger partial charge is 0.409 e. The summed E-state index contributed by atoms with van der Waals surface area (Å²) in [5, 5.41) is 11.7. The van der Waals surface area contributed by atoms with E-state index >= 15 is 0 Å². The number of hydrogen-bond donors (Lipinski definition) is 2. The SMILES string of the molecule is O=C(O)Nc1cc(Cl)ccc1C=CC(=O)N1C2COCC1CN(Cc1ccc(F)cc1)C2. The number of nitrogens with zero attached hydrogens (tertiary/aromatic N) is 2. The van der Waals surface area contributed by atoms with E-state index in [-0.39, 0.29) is 23.8 Å². The highest BCUT2D eigenvalue weighted by molar-refractivity contribution is 6.31. The number of benzene rings is 2. The van der Waals surface area contributed by atoms with Crippen LogP contribution < -0.4 is 5.32 Å². The number of nitrogens with one attached hydrogen (secondary N) is 1. The minimum absolute atomic E-state index is 0.0954. The zero-order valence-corrected chi connectivity index (χ0v) is 18.0. The standard InChI is InChI=1S/C23H23ClFN3O4/c24-17-5-3-16(21(9-17)26-23(30)31)4-8-22(29)28-19-11-27(12-20(28)14-32-13-19)10-15-1-6-18(25)7-2-15/h1-9,19-20,26H,10-14H2,(H,30,31). The Morgan fingerprint density at radius 3 is 2.50 bits per heavy atom. The van der Waals surface area contributed by atoms with E-state index in [2.05, 4.69) is 10.2 Å². The predicted molar refractivity (Wildman–Crippen MR) is 119 cm³/mol. The zero-order valence-electron chi connectivity index (χ0n) is 17.2. The molecule has 168 valence electrons. The van der Waals surface area contributed by atoms with Crippen LogP contribution in [0.25, 0.3) is 6.08 Å². The van der Waals surface area contributed by atoms with Crippen LogP contribution in [0, 0.1) is 5.82 Å². The van der Waals surface area contributed by atoms with Gasteiger partial charge in [0.25, 0.3) is 0 Å². The van der Waals surface area contributed by atoms with Gasteiger partial charge in [0.15, 0.2) is 0 Å². The maximum Gasteiger partial charge on any atom is 0.409 e. The molecule has 2 fully saturated rings. The number of rotatable bonds is 5. The number of ether oxygens (including phenoxy) is 1. The number of halogens is 2. The van der Waals surface area contributed by atoms with E-state index in [0.717, 1.165) is 5.56 Å². The number of piperazine rings is 1. The van der Waals surface area contributed by atoms with Gasteiger partial charge in [-0.1, -0.05) is 29.8 Å². The van der Waals surface area contributed by atoms with E-state index in [0.29, 0.717) is 49.1 Å². The molecule has 2 atom stereocenters. The highest BCUT2D eigenvalue weighted by Gasteiger charge is 2.40. The maximum absolute atomic E-state index is 13.2. The lowest BCUT2D eigenvalue weighted by molar-refractivity contribution is -0.150. The summed E-state index contributed by atoms with van der Waals surface area (Å²) in [4.78, 5) is 28.2. The second-order valence-corrected chi connectivity index (χ2v) is 8.34. The van der Waals surface area contributed by atoms with E-state index in [1.807, 2.05) is 4.90 Å². The Balaban J connectivity index is 1.45. The summed E-state index contributed by atoms with van der Waals surface area (Å²) in [6.07, 6.45) is 1.83. The van der Waals surface area contributed by atoms with Crippen molar-refractivity contribution in [3.8, 4) is 0 Å². The van der Waals surface area contributed by atoms with E-state index in [1.54, 1.807) is 30.3 Å². The molecule has 0 aliphatic carbocycles. The summed E-state index contributed by atoms with van der Waals surface area (Å²) in [7, 11) is 0. The molecule has 32 heavy (non-hydrogen) atoms. The molecule has 7 nitrogen and oxygen atoms in total. The second kappa shape index (κ2) is 9.68. The molecule has 9 heteroatoms. The van der Waals surface area contributed by atoms with Crippen molar-refractivity contribution in [1.82, 2.24) is 9.80 Å². The van der Waals surface area contributed by atoms with Crippen LogP contribution >= 0.6 is 11.6 Å². The zero-order chi connectivity index (χ0) is 22.7. The monoisotopic (exact) mass is 459 g/mol. The first-order valence-electron chi connectivity index (χ1n) is 10.2. The summed E-state index contributed by atoms with van der Waals surface area (Å²) >= 11 is 5.96. The van der Waals surface area contributed by atoms with E-state index in [9.17, 15) is 14.0 Å². The first-order valence-corrected chi connectivity index (χ1v) is 10.6. The molecule has 2 bridgehead atoms. The highest BCUT2D eigenvalue weighted by Crippen LogP contribution is 2.25. The Bertz CT molecular complexity index is 1020. The number of fused-ring (bicyclic) bond motifs is 2. The minimum Gasteiger partial charge on any atom is -0.465 e. The van der Waals surface area contributed by atoms with Gasteiger partial charge < -0.3 is 14.7 Å². The number of amides is 2. The molecule has 2 aliphatic heterocycles. The van der Waals surface area contributed by atoms with Crippen molar-refractivity contribution in [1.29, 1.82) is 0 Å². The molecule has 0 aromatic heterocycles. The van der Waals surface area contributed by atoms with Gasteiger partial charge in [0.05, 0.1) is 31.0 Å². The lowest BCUT2D eigenvalue weighted by atomic mass is 10.0. The van der Waals surface area contributed by atoms with Gasteiger partial charge in [-0.05, 0) is 41.5 Å². The third-order valence-corrected chi connectivity index (χ3v) is 5.82. The molecule has 0 spiro atoms. The van der Waals surface area contributed by atoms with Crippen molar-refractivity contribution in [2.24, 2.45) is 0 Å². The number of carboxylic acid groups (broad SMARTS) is 1. The van der Waals surface area contributed by atoms with Gasteiger partial charge in [-0.25, -0.2) is 9.18 Å². The van der Waals surface area contributed by atoms with Gasteiger partial charge in [0.1, 0.15) is 5.82 Å². The first kappa shape index (κ1) is 22.3. The van der Waals surface area contributed by atoms with Crippen molar-refractivity contribution in [3.05, 3.63) is 70.5 Å². The van der Waals surface area contributed by atoms with Gasteiger partial charge in [-0.3, -0.25) is 15.0 Å². The van der Waals surface area contributed by atoms with Crippen LogP contribution in [0.2, 0.25) is 5.02 Å². The molecule has 0 radical (unpaired) electrons. The molecular weight excluding hydrogens is 437 g/mol. The average Bonchev–Trinajstić information content (AvgIpc) is 2.73. The number of carbonyl (C=O) groups is 2. The lowest BCUT2D eigenvalue weighted by Gasteiger charge is -2.49. The quantitative estimate of drug-likeness (QED) is 0.666. The molecule has 2 unspecified atom stereocenters. The maximum atomic E-state index is 13.2. The van der Waals surface area contributed by atoms with Gasteiger partial charge in [-0.15, -0.1) is 0 Å². The van der Waals surface area contributed by atoms with Gasteiger partial charge in [0.2, 0.25) is 5.91 Å². The predicted octanol–water partition coefficient (Wildman–Crippen LogP) is 3.69. The van der Waals surface area contributed by atoms with Crippen LogP contribution in [0.3, 0.4) is 0 Å². The molecule has 2 amide bonds. The minimum atomic E-state index is -1.21. The Morgan fingerprint density at radius 2 is 1.84 bits per heavy atom. The second-order valence-electron chi connectivity index (χ2n) is 7.91. The van der Waals surface area contributed by atoms with Crippen LogP contribution in [0.4, 0.5) is 14.9 Å². The number of carbonyl (C=O) groups excluding carboxylic acids is 1. The highest BCUT2D eigenvalue weighted by atomic mass is 35.5. The van der Waals surface area contributed by atoms with Crippen LogP contribution in [-0.2, 0) is 16.1 Å². The van der Waals surface area contributed by atoms with Gasteiger partial charge in [-0.2, -0.15) is 0 Å². The molecule has 2 heterocycles. The Morgan fingerprint density at radius 1 is 1.16 bits per heavy atom. The van der Waals surface area contributed by atoms with Crippen LogP contribution in [-0.4, -0.2) is 65.3 Å². The molecule has 2 saturated heterocycles. The van der Waals surface area contributed by atoms with Crippen molar-refractivity contribution in [2.45, 2.75) is 18.6 Å². The Hall–Kier alpha value is -2.94. The molecule has 2 aliphatic rings.